The molecule has 2 aromatic carbocycles. The van der Waals surface area contributed by atoms with Gasteiger partial charge in [0.25, 0.3) is 11.8 Å². The van der Waals surface area contributed by atoms with Gasteiger partial charge >= 0.3 is 0 Å². The van der Waals surface area contributed by atoms with Gasteiger partial charge in [-0.2, -0.15) is 8.75 Å². The molecule has 1 saturated heterocycles. The van der Waals surface area contributed by atoms with E-state index in [1.807, 2.05) is 4.90 Å². The van der Waals surface area contributed by atoms with Gasteiger partial charge in [-0.25, -0.2) is 0 Å². The van der Waals surface area contributed by atoms with E-state index in [1.165, 1.54) is 0 Å². The van der Waals surface area contributed by atoms with Crippen LogP contribution >= 0.6 is 11.7 Å². The Bertz CT molecular complexity index is 1100. The molecular formula is C21H20N4O3S. The number of hydrogen-bond donors (Lipinski definition) is 1. The van der Waals surface area contributed by atoms with Crippen molar-refractivity contribution in [2.24, 2.45) is 0 Å². The zero-order chi connectivity index (χ0) is 19.8. The molecule has 1 aromatic heterocycles. The summed E-state index contributed by atoms with van der Waals surface area (Å²) < 4.78 is 14.2. The van der Waals surface area contributed by atoms with Crippen molar-refractivity contribution in [1.82, 2.24) is 13.6 Å². The molecule has 0 unspecified atom stereocenters. The van der Waals surface area contributed by atoms with Crippen LogP contribution in [0.2, 0.25) is 0 Å². The third-order valence-corrected chi connectivity index (χ3v) is 6.14. The van der Waals surface area contributed by atoms with E-state index in [2.05, 4.69) is 14.1 Å². The molecular weight excluding hydrogens is 388 g/mol. The van der Waals surface area contributed by atoms with E-state index in [0.29, 0.717) is 34.7 Å². The van der Waals surface area contributed by atoms with E-state index in [9.17, 15) is 9.59 Å². The van der Waals surface area contributed by atoms with Crippen LogP contribution in [0.4, 0.5) is 5.69 Å². The van der Waals surface area contributed by atoms with E-state index in [4.69, 9.17) is 4.74 Å². The normalized spacial score (nSPS) is 19.0. The second-order valence-electron chi connectivity index (χ2n) is 7.42. The third kappa shape index (κ3) is 3.44. The highest BCUT2D eigenvalue weighted by Gasteiger charge is 2.31. The van der Waals surface area contributed by atoms with E-state index >= 15 is 0 Å². The summed E-state index contributed by atoms with van der Waals surface area (Å²) in [5.74, 6) is 0.303. The van der Waals surface area contributed by atoms with Crippen molar-refractivity contribution in [3.05, 3.63) is 47.5 Å². The number of carbonyl (C=O) groups is 2. The van der Waals surface area contributed by atoms with Crippen LogP contribution in [0, 0.1) is 0 Å². The summed E-state index contributed by atoms with van der Waals surface area (Å²) in [6.07, 6.45) is 4.06. The smallest absolute Gasteiger partial charge is 0.257 e. The lowest BCUT2D eigenvalue weighted by Crippen LogP contribution is -2.45. The standard InChI is InChI=1S/C21H20N4O3S/c26-20(13-4-6-17-18(11-13)24-29-23-17)22-14-5-7-19-16(12-14)21(27)25-9-2-1-3-15(25)8-10-28-19/h4-7,11-12,15H,1-3,8-10H2,(H,22,26)/t15-/m0/s1. The number of amides is 2. The van der Waals surface area contributed by atoms with Crippen molar-refractivity contribution in [3.63, 3.8) is 0 Å². The monoisotopic (exact) mass is 408 g/mol. The van der Waals surface area contributed by atoms with Gasteiger partial charge in [-0.1, -0.05) is 0 Å². The Morgan fingerprint density at radius 1 is 1.10 bits per heavy atom. The number of carbonyl (C=O) groups excluding carboxylic acids is 2. The van der Waals surface area contributed by atoms with Crippen molar-refractivity contribution in [1.29, 1.82) is 0 Å². The van der Waals surface area contributed by atoms with Crippen LogP contribution < -0.4 is 10.1 Å². The molecule has 148 valence electrons. The van der Waals surface area contributed by atoms with E-state index in [1.54, 1.807) is 36.4 Å². The fraction of sp³-hybridized carbons (Fsp3) is 0.333. The second-order valence-corrected chi connectivity index (χ2v) is 7.95. The van der Waals surface area contributed by atoms with Gasteiger partial charge in [0.1, 0.15) is 16.8 Å². The molecule has 0 bridgehead atoms. The number of benzene rings is 2. The van der Waals surface area contributed by atoms with Gasteiger partial charge in [0, 0.05) is 30.3 Å². The second kappa shape index (κ2) is 7.44. The number of piperidine rings is 1. The van der Waals surface area contributed by atoms with Gasteiger partial charge in [-0.15, -0.1) is 0 Å². The molecule has 1 atom stereocenters. The Labute approximate surface area is 172 Å². The summed E-state index contributed by atoms with van der Waals surface area (Å²) in [5, 5.41) is 2.88. The molecule has 0 aliphatic carbocycles. The average Bonchev–Trinajstić information content (AvgIpc) is 3.21. The number of rotatable bonds is 2. The predicted molar refractivity (Wildman–Crippen MR) is 111 cm³/mol. The molecule has 1 fully saturated rings. The summed E-state index contributed by atoms with van der Waals surface area (Å²) in [6, 6.07) is 10.7. The minimum atomic E-state index is -0.255. The number of hydrogen-bond acceptors (Lipinski definition) is 6. The Morgan fingerprint density at radius 2 is 2.00 bits per heavy atom. The first-order valence-corrected chi connectivity index (χ1v) is 10.5. The van der Waals surface area contributed by atoms with Crippen molar-refractivity contribution in [2.45, 2.75) is 31.7 Å². The number of nitrogens with one attached hydrogen (secondary N) is 1. The van der Waals surface area contributed by atoms with E-state index in [0.717, 1.165) is 49.5 Å². The maximum atomic E-state index is 13.2. The van der Waals surface area contributed by atoms with Gasteiger partial charge in [-0.3, -0.25) is 9.59 Å². The molecule has 3 aromatic rings. The van der Waals surface area contributed by atoms with Crippen molar-refractivity contribution < 1.29 is 14.3 Å². The number of anilines is 1. The summed E-state index contributed by atoms with van der Waals surface area (Å²) in [7, 11) is 0. The minimum Gasteiger partial charge on any atom is -0.493 e. The lowest BCUT2D eigenvalue weighted by molar-refractivity contribution is 0.0548. The zero-order valence-corrected chi connectivity index (χ0v) is 16.6. The molecule has 0 saturated carbocycles. The van der Waals surface area contributed by atoms with Crippen LogP contribution in [-0.2, 0) is 0 Å². The zero-order valence-electron chi connectivity index (χ0n) is 15.8. The van der Waals surface area contributed by atoms with Crippen LogP contribution in [0.15, 0.2) is 36.4 Å². The minimum absolute atomic E-state index is 0.0181. The molecule has 2 aliphatic heterocycles. The molecule has 7 nitrogen and oxygen atoms in total. The summed E-state index contributed by atoms with van der Waals surface area (Å²) >= 11 is 1.12. The maximum absolute atomic E-state index is 13.2. The lowest BCUT2D eigenvalue weighted by atomic mass is 9.97. The number of fused-ring (bicyclic) bond motifs is 3. The number of ether oxygens (including phenoxy) is 1. The third-order valence-electron chi connectivity index (χ3n) is 5.58. The Balaban J connectivity index is 1.41. The van der Waals surface area contributed by atoms with Gasteiger partial charge in [0.05, 0.1) is 23.9 Å². The molecule has 2 aliphatic rings. The summed E-state index contributed by atoms with van der Waals surface area (Å²) in [4.78, 5) is 27.8. The highest BCUT2D eigenvalue weighted by atomic mass is 32.1. The van der Waals surface area contributed by atoms with Crippen LogP contribution in [0.3, 0.4) is 0 Å². The Morgan fingerprint density at radius 3 is 2.93 bits per heavy atom. The quantitative estimate of drug-likeness (QED) is 0.699. The molecule has 0 spiro atoms. The van der Waals surface area contributed by atoms with Crippen molar-refractivity contribution in [3.8, 4) is 5.75 Å². The molecule has 3 heterocycles. The summed E-state index contributed by atoms with van der Waals surface area (Å²) in [6.45, 7) is 1.37. The van der Waals surface area contributed by atoms with Gasteiger partial charge in [0.2, 0.25) is 0 Å². The molecule has 5 rings (SSSR count). The SMILES string of the molecule is O=C(Nc1ccc2c(c1)C(=O)N1CCCC[C@H]1CCO2)c1ccc2nsnc2c1. The van der Waals surface area contributed by atoms with Crippen LogP contribution in [0.1, 0.15) is 46.4 Å². The first kappa shape index (κ1) is 18.1. The number of nitrogens with zero attached hydrogens (tertiary/aromatic N) is 3. The highest BCUT2D eigenvalue weighted by Crippen LogP contribution is 2.31. The number of aromatic nitrogens is 2. The Hall–Kier alpha value is -3.00. The van der Waals surface area contributed by atoms with Crippen LogP contribution in [0.5, 0.6) is 5.75 Å². The first-order chi connectivity index (χ1) is 14.2. The lowest BCUT2D eigenvalue weighted by Gasteiger charge is -2.37. The molecule has 2 amide bonds. The highest BCUT2D eigenvalue weighted by molar-refractivity contribution is 7.00. The fourth-order valence-corrected chi connectivity index (χ4v) is 4.57. The van der Waals surface area contributed by atoms with Gasteiger partial charge < -0.3 is 15.0 Å². The molecule has 0 radical (unpaired) electrons. The van der Waals surface area contributed by atoms with Gasteiger partial charge in [-0.05, 0) is 55.7 Å². The van der Waals surface area contributed by atoms with Crippen LogP contribution in [0.25, 0.3) is 11.0 Å². The maximum Gasteiger partial charge on any atom is 0.257 e. The first-order valence-electron chi connectivity index (χ1n) is 9.80. The summed E-state index contributed by atoms with van der Waals surface area (Å²) in [5.41, 5.74) is 3.03. The Kier molecular flexibility index (Phi) is 4.63. The average molecular weight is 408 g/mol. The largest absolute Gasteiger partial charge is 0.493 e. The molecule has 8 heteroatoms. The van der Waals surface area contributed by atoms with Gasteiger partial charge in [0.15, 0.2) is 0 Å². The van der Waals surface area contributed by atoms with E-state index < -0.39 is 0 Å². The molecule has 1 N–H and O–H groups in total. The van der Waals surface area contributed by atoms with Crippen molar-refractivity contribution in [2.75, 3.05) is 18.5 Å². The van der Waals surface area contributed by atoms with Crippen LogP contribution in [-0.4, -0.2) is 44.7 Å². The van der Waals surface area contributed by atoms with Crippen molar-refractivity contribution >= 4 is 40.3 Å². The van der Waals surface area contributed by atoms with E-state index in [-0.39, 0.29) is 17.9 Å². The topological polar surface area (TPSA) is 84.4 Å². The fourth-order valence-electron chi connectivity index (χ4n) is 4.06. The molecule has 29 heavy (non-hydrogen) atoms. The predicted octanol–water partition coefficient (Wildman–Crippen LogP) is 3.72.